The van der Waals surface area contributed by atoms with Crippen LogP contribution in [0.1, 0.15) is 0 Å². The van der Waals surface area contributed by atoms with E-state index in [1.807, 2.05) is 24.3 Å². The fraction of sp³-hybridized carbons (Fsp3) is 0.143. The lowest BCUT2D eigenvalue weighted by atomic mass is 9.80. The van der Waals surface area contributed by atoms with E-state index in [9.17, 15) is 14.6 Å². The largest absolute Gasteiger partial charge is 0.489 e. The molecule has 0 saturated heterocycles. The average molecular weight is 304 g/mol. The first-order valence-electron chi connectivity index (χ1n) is 6.25. The zero-order valence-corrected chi connectivity index (χ0v) is 12.9. The Kier molecular flexibility index (Phi) is 3.26. The Labute approximate surface area is 121 Å². The number of benzene rings is 2. The van der Waals surface area contributed by atoms with Gasteiger partial charge in [0.25, 0.3) is 0 Å². The molecule has 0 spiro atoms. The van der Waals surface area contributed by atoms with Gasteiger partial charge in [-0.15, -0.1) is 11.3 Å². The van der Waals surface area contributed by atoms with Crippen molar-refractivity contribution in [1.82, 2.24) is 0 Å². The van der Waals surface area contributed by atoms with Crippen LogP contribution in [0.2, 0.25) is 0 Å². The molecule has 0 bridgehead atoms. The molecule has 0 radical (unpaired) electrons. The molecular weight excluding hydrogens is 290 g/mol. The summed E-state index contributed by atoms with van der Waals surface area (Å²) < 4.78 is 14.4. The fourth-order valence-corrected chi connectivity index (χ4v) is 5.06. The van der Waals surface area contributed by atoms with Gasteiger partial charge in [-0.2, -0.15) is 0 Å². The maximum Gasteiger partial charge on any atom is 0.489 e. The van der Waals surface area contributed by atoms with Gasteiger partial charge in [0.2, 0.25) is 0 Å². The molecule has 6 heteroatoms. The van der Waals surface area contributed by atoms with Crippen molar-refractivity contribution in [1.29, 1.82) is 0 Å². The highest BCUT2D eigenvalue weighted by molar-refractivity contribution is 7.70. The Morgan fingerprint density at radius 1 is 1.10 bits per heavy atom. The topological polar surface area (TPSA) is 57.5 Å². The van der Waals surface area contributed by atoms with Crippen molar-refractivity contribution in [2.45, 2.75) is 0 Å². The minimum Gasteiger partial charge on any atom is -0.423 e. The van der Waals surface area contributed by atoms with Gasteiger partial charge < -0.3 is 14.6 Å². The summed E-state index contributed by atoms with van der Waals surface area (Å²) in [4.78, 5) is 0. The van der Waals surface area contributed by atoms with Crippen LogP contribution in [0.4, 0.5) is 0 Å². The Bertz CT molecular complexity index is 850. The number of rotatable bonds is 2. The Morgan fingerprint density at radius 3 is 2.45 bits per heavy atom. The molecule has 0 unspecified atom stereocenters. The number of hydrogen-bond acceptors (Lipinski definition) is 4. The molecule has 0 saturated carbocycles. The van der Waals surface area contributed by atoms with Crippen molar-refractivity contribution in [2.24, 2.45) is 0 Å². The van der Waals surface area contributed by atoms with E-state index in [1.165, 1.54) is 11.3 Å². The lowest BCUT2D eigenvalue weighted by molar-refractivity contribution is 0.426. The van der Waals surface area contributed by atoms with Crippen LogP contribution in [0.5, 0.6) is 0 Å². The SMILES string of the molecule is CP(C)(=O)c1cccc2sc3c(B(O)O)cccc3c12. The molecule has 102 valence electrons. The summed E-state index contributed by atoms with van der Waals surface area (Å²) in [6, 6.07) is 11.2. The van der Waals surface area contributed by atoms with Gasteiger partial charge >= 0.3 is 7.12 Å². The molecule has 0 aliphatic heterocycles. The standard InChI is InChI=1S/C14H14BO3PS/c1-19(2,18)11-7-4-8-12-13(11)9-5-3-6-10(15(16)17)14(9)20-12/h3-8,16-17H,1-2H3. The molecule has 1 heterocycles. The van der Waals surface area contributed by atoms with E-state index in [4.69, 9.17) is 0 Å². The maximum atomic E-state index is 12.5. The van der Waals surface area contributed by atoms with Crippen LogP contribution in [-0.2, 0) is 4.57 Å². The maximum absolute atomic E-state index is 12.5. The van der Waals surface area contributed by atoms with Gasteiger partial charge in [-0.3, -0.25) is 0 Å². The van der Waals surface area contributed by atoms with Crippen molar-refractivity contribution >= 4 is 56.5 Å². The number of thiophene rings is 1. The molecule has 0 amide bonds. The van der Waals surface area contributed by atoms with Gasteiger partial charge in [0, 0.05) is 25.5 Å². The minimum absolute atomic E-state index is 0.497. The zero-order chi connectivity index (χ0) is 14.5. The normalized spacial score (nSPS) is 12.2. The van der Waals surface area contributed by atoms with Crippen LogP contribution in [-0.4, -0.2) is 30.5 Å². The second-order valence-electron chi connectivity index (χ2n) is 5.20. The van der Waals surface area contributed by atoms with Gasteiger partial charge in [-0.25, -0.2) is 0 Å². The highest BCUT2D eigenvalue weighted by atomic mass is 32.1. The van der Waals surface area contributed by atoms with E-state index in [1.54, 1.807) is 25.5 Å². The predicted octanol–water partition coefficient (Wildman–Crippen LogP) is 1.98. The predicted molar refractivity (Wildman–Crippen MR) is 88.2 cm³/mol. The lowest BCUT2D eigenvalue weighted by Gasteiger charge is -2.09. The lowest BCUT2D eigenvalue weighted by Crippen LogP contribution is -2.29. The van der Waals surface area contributed by atoms with E-state index in [0.29, 0.717) is 5.46 Å². The van der Waals surface area contributed by atoms with Crippen molar-refractivity contribution in [3.8, 4) is 0 Å². The molecule has 20 heavy (non-hydrogen) atoms. The Hall–Kier alpha value is -1.13. The highest BCUT2D eigenvalue weighted by Crippen LogP contribution is 2.41. The van der Waals surface area contributed by atoms with Crippen LogP contribution in [0, 0.1) is 0 Å². The smallest absolute Gasteiger partial charge is 0.423 e. The van der Waals surface area contributed by atoms with Crippen LogP contribution in [0.3, 0.4) is 0 Å². The average Bonchev–Trinajstić information content (AvgIpc) is 2.75. The van der Waals surface area contributed by atoms with Crippen LogP contribution >= 0.6 is 18.5 Å². The summed E-state index contributed by atoms with van der Waals surface area (Å²) in [6.07, 6.45) is 0. The van der Waals surface area contributed by atoms with Crippen molar-refractivity contribution in [2.75, 3.05) is 13.3 Å². The minimum atomic E-state index is -2.39. The van der Waals surface area contributed by atoms with Gasteiger partial charge in [0.1, 0.15) is 7.14 Å². The summed E-state index contributed by atoms with van der Waals surface area (Å²) in [7, 11) is -3.89. The van der Waals surface area contributed by atoms with E-state index in [0.717, 1.165) is 25.5 Å². The molecule has 0 atom stereocenters. The first-order chi connectivity index (χ1) is 9.39. The molecule has 2 N–H and O–H groups in total. The Morgan fingerprint density at radius 2 is 1.80 bits per heavy atom. The van der Waals surface area contributed by atoms with Crippen LogP contribution in [0.25, 0.3) is 20.2 Å². The molecule has 0 aliphatic rings. The molecule has 1 aromatic heterocycles. The third-order valence-corrected chi connectivity index (χ3v) is 6.14. The monoisotopic (exact) mass is 304 g/mol. The van der Waals surface area contributed by atoms with E-state index in [2.05, 4.69) is 0 Å². The molecule has 0 fully saturated rings. The zero-order valence-electron chi connectivity index (χ0n) is 11.2. The third kappa shape index (κ3) is 2.11. The van der Waals surface area contributed by atoms with Crippen molar-refractivity contribution in [3.63, 3.8) is 0 Å². The Balaban J connectivity index is 2.51. The third-order valence-electron chi connectivity index (χ3n) is 3.39. The fourth-order valence-electron chi connectivity index (χ4n) is 2.50. The van der Waals surface area contributed by atoms with Gasteiger partial charge in [0.05, 0.1) is 0 Å². The van der Waals surface area contributed by atoms with E-state index < -0.39 is 14.3 Å². The summed E-state index contributed by atoms with van der Waals surface area (Å²) in [6.45, 7) is 3.52. The molecule has 0 aliphatic carbocycles. The van der Waals surface area contributed by atoms with E-state index >= 15 is 0 Å². The summed E-state index contributed by atoms with van der Waals surface area (Å²) in [5, 5.41) is 21.7. The van der Waals surface area contributed by atoms with Crippen molar-refractivity contribution < 1.29 is 14.6 Å². The highest BCUT2D eigenvalue weighted by Gasteiger charge is 2.21. The van der Waals surface area contributed by atoms with E-state index in [-0.39, 0.29) is 0 Å². The quantitative estimate of drug-likeness (QED) is 0.562. The molecule has 2 aromatic carbocycles. The second kappa shape index (κ2) is 4.71. The molecule has 3 rings (SSSR count). The summed E-state index contributed by atoms with van der Waals surface area (Å²) in [5.41, 5.74) is 0.497. The van der Waals surface area contributed by atoms with Gasteiger partial charge in [-0.05, 0) is 24.9 Å². The molecular formula is C14H14BO3PS. The van der Waals surface area contributed by atoms with Crippen LogP contribution in [0.15, 0.2) is 36.4 Å². The van der Waals surface area contributed by atoms with Gasteiger partial charge in [0.15, 0.2) is 0 Å². The number of fused-ring (bicyclic) bond motifs is 3. The molecule has 3 nitrogen and oxygen atoms in total. The molecule has 3 aromatic rings. The summed E-state index contributed by atoms with van der Waals surface area (Å²) >= 11 is 1.51. The first kappa shape index (κ1) is 13.8. The van der Waals surface area contributed by atoms with Crippen LogP contribution < -0.4 is 10.8 Å². The summed E-state index contributed by atoms with van der Waals surface area (Å²) in [5.74, 6) is 0. The second-order valence-corrected chi connectivity index (χ2v) is 9.44. The first-order valence-corrected chi connectivity index (χ1v) is 9.67. The van der Waals surface area contributed by atoms with Crippen molar-refractivity contribution in [3.05, 3.63) is 36.4 Å². The number of hydrogen-bond donors (Lipinski definition) is 2. The van der Waals surface area contributed by atoms with Gasteiger partial charge in [-0.1, -0.05) is 30.3 Å².